The maximum atomic E-state index is 5.53. The Labute approximate surface area is 339 Å². The molecule has 0 amide bonds. The third-order valence-corrected chi connectivity index (χ3v) is 15.8. The smallest absolute Gasteiger partial charge is 0.0716 e. The van der Waals surface area contributed by atoms with Crippen molar-refractivity contribution < 1.29 is 14.2 Å². The molecule has 8 N–H and O–H groups in total. The summed E-state index contributed by atoms with van der Waals surface area (Å²) in [5, 5.41) is 27.1. The average Bonchev–Trinajstić information content (AvgIpc) is 4.14. The van der Waals surface area contributed by atoms with Crippen LogP contribution in [-0.4, -0.2) is 140 Å². The predicted octanol–water partition coefficient (Wildman–Crippen LogP) is 2.75. The van der Waals surface area contributed by atoms with Crippen molar-refractivity contribution in [2.75, 3.05) is 85.3 Å². The third kappa shape index (κ3) is 12.8. The molecule has 0 aromatic carbocycles. The molecule has 11 aliphatic heterocycles. The first-order valence-electron chi connectivity index (χ1n) is 24.3. The van der Waals surface area contributed by atoms with E-state index in [9.17, 15) is 0 Å². The van der Waals surface area contributed by atoms with Crippen LogP contribution in [0, 0.1) is 41.4 Å². The van der Waals surface area contributed by atoms with Crippen LogP contribution in [-0.2, 0) is 14.2 Å². The zero-order chi connectivity index (χ0) is 37.5. The topological polar surface area (TPSA) is 124 Å². The SMILES string of the molecule is C1CC2CC1CN2.C1CC2CC2CN1.C1CC2CC2N1.C1CC2CNCC1O2.C1CC2COCC1N2.C1CNC2CC2C1.C1NCC2CC12.C1OC2CNC1C2. The molecule has 0 aromatic heterocycles. The molecule has 11 heteroatoms. The van der Waals surface area contributed by atoms with Gasteiger partial charge in [-0.1, -0.05) is 0 Å². The summed E-state index contributed by atoms with van der Waals surface area (Å²) >= 11 is 0. The number of nitrogens with one attached hydrogen (secondary N) is 8. The van der Waals surface area contributed by atoms with Gasteiger partial charge >= 0.3 is 0 Å². The Morgan fingerprint density at radius 3 is 1.39 bits per heavy atom. The van der Waals surface area contributed by atoms with E-state index < -0.39 is 0 Å². The van der Waals surface area contributed by atoms with E-state index in [4.69, 9.17) is 14.2 Å². The van der Waals surface area contributed by atoms with Gasteiger partial charge in [-0.3, -0.25) is 0 Å². The summed E-state index contributed by atoms with van der Waals surface area (Å²) in [6.45, 7) is 15.2. The molecule has 0 aromatic rings. The van der Waals surface area contributed by atoms with Gasteiger partial charge in [0.05, 0.1) is 38.1 Å². The highest BCUT2D eigenvalue weighted by atomic mass is 16.5. The molecule has 320 valence electrons. The Hall–Kier alpha value is -0.440. The van der Waals surface area contributed by atoms with Gasteiger partial charge in [-0.25, -0.2) is 0 Å². The van der Waals surface area contributed by atoms with Gasteiger partial charge in [0, 0.05) is 55.9 Å². The molecule has 0 spiro atoms. The first-order valence-corrected chi connectivity index (χ1v) is 24.3. The van der Waals surface area contributed by atoms with Crippen LogP contribution in [0.5, 0.6) is 0 Å². The minimum atomic E-state index is 0.550. The van der Waals surface area contributed by atoms with Crippen molar-refractivity contribution in [2.45, 2.75) is 157 Å². The van der Waals surface area contributed by atoms with Crippen LogP contribution in [0.2, 0.25) is 0 Å². The first-order chi connectivity index (χ1) is 27.7. The molecule has 16 rings (SSSR count). The van der Waals surface area contributed by atoms with Crippen LogP contribution in [0.25, 0.3) is 0 Å². The van der Waals surface area contributed by atoms with E-state index in [-0.39, 0.29) is 0 Å². The minimum Gasteiger partial charge on any atom is -0.378 e. The van der Waals surface area contributed by atoms with E-state index >= 15 is 0 Å². The van der Waals surface area contributed by atoms with Crippen LogP contribution in [0.1, 0.15) is 103 Å². The van der Waals surface area contributed by atoms with Crippen molar-refractivity contribution >= 4 is 0 Å². The summed E-state index contributed by atoms with van der Waals surface area (Å²) in [6, 6.07) is 4.91. The molecule has 56 heavy (non-hydrogen) atoms. The van der Waals surface area contributed by atoms with Gasteiger partial charge in [-0.2, -0.15) is 0 Å². The second-order valence-electron chi connectivity index (χ2n) is 20.6. The monoisotopic (exact) mass is 783 g/mol. The van der Waals surface area contributed by atoms with E-state index in [1.807, 2.05) is 0 Å². The highest BCUT2D eigenvalue weighted by Crippen LogP contribution is 2.42. The highest BCUT2D eigenvalue weighted by Gasteiger charge is 2.41. The first kappa shape index (κ1) is 40.9. The molecule has 8 bridgehead atoms. The fourth-order valence-electron chi connectivity index (χ4n) is 11.6. The number of hydrogen-bond donors (Lipinski definition) is 8. The number of morpholine rings is 3. The van der Waals surface area contributed by atoms with Gasteiger partial charge in [-0.05, 0) is 190 Å². The van der Waals surface area contributed by atoms with Gasteiger partial charge in [-0.15, -0.1) is 0 Å². The van der Waals surface area contributed by atoms with Crippen LogP contribution < -0.4 is 42.5 Å². The van der Waals surface area contributed by atoms with Crippen molar-refractivity contribution in [1.29, 1.82) is 0 Å². The lowest BCUT2D eigenvalue weighted by atomic mass is 10.1. The lowest BCUT2D eigenvalue weighted by Crippen LogP contribution is -2.41. The average molecular weight is 783 g/mol. The number of ether oxygens (including phenoxy) is 3. The fraction of sp³-hybridized carbons (Fsp3) is 1.00. The van der Waals surface area contributed by atoms with Crippen LogP contribution in [0.4, 0.5) is 0 Å². The van der Waals surface area contributed by atoms with E-state index in [1.165, 1.54) is 149 Å². The van der Waals surface area contributed by atoms with Gasteiger partial charge in [0.25, 0.3) is 0 Å². The van der Waals surface area contributed by atoms with Crippen molar-refractivity contribution in [3.63, 3.8) is 0 Å². The number of rotatable bonds is 0. The summed E-state index contributed by atoms with van der Waals surface area (Å²) in [6.07, 6.45) is 24.3. The number of piperidine rings is 5. The van der Waals surface area contributed by atoms with Crippen molar-refractivity contribution in [2.24, 2.45) is 41.4 Å². The molecule has 16 unspecified atom stereocenters. The molecule has 16 aliphatic rings. The standard InChI is InChI=1S/2C6H11NO.3C6H11N.C5H9NO.2C5H9N/c1-2-6-4-8-3-5(1)7-6;1-2-6-4-7-3-5(1)8-6;1-2-7-4-6-3-5(1)6;1-2-6-3-5(1)4-7-6;1-2-5-4-6(5)7-3-1;1-4-3-7-5(1)2-6-4;1-4-2-6-3-5(1)4;1-2-6-5-3-4(1)5/h2*5-7H,1-4H2;3*5-7H,1-4H2;4-6H,1-3H2;2*4-6H,1-3H2. The maximum Gasteiger partial charge on any atom is 0.0716 e. The largest absolute Gasteiger partial charge is 0.378 e. The molecular weight excluding hydrogens is 701 g/mol. The number of hydrogen-bond acceptors (Lipinski definition) is 11. The molecule has 5 saturated carbocycles. The molecule has 11 heterocycles. The summed E-state index contributed by atoms with van der Waals surface area (Å²) in [7, 11) is 0. The van der Waals surface area contributed by atoms with E-state index in [0.29, 0.717) is 36.4 Å². The summed E-state index contributed by atoms with van der Waals surface area (Å²) in [5.74, 6) is 7.69. The minimum absolute atomic E-state index is 0.550. The Balaban J connectivity index is 0.0000000837. The summed E-state index contributed by atoms with van der Waals surface area (Å²) in [4.78, 5) is 0. The molecule has 11 saturated heterocycles. The normalized spacial score (nSPS) is 48.0. The van der Waals surface area contributed by atoms with Gasteiger partial charge < -0.3 is 56.7 Å². The van der Waals surface area contributed by atoms with E-state index in [1.54, 1.807) is 0 Å². The van der Waals surface area contributed by atoms with Crippen molar-refractivity contribution in [1.82, 2.24) is 42.5 Å². The Kier molecular flexibility index (Phi) is 14.9. The van der Waals surface area contributed by atoms with Crippen LogP contribution >= 0.6 is 0 Å². The van der Waals surface area contributed by atoms with Crippen LogP contribution in [0.15, 0.2) is 0 Å². The molecule has 5 aliphatic carbocycles. The lowest BCUT2D eigenvalue weighted by Gasteiger charge is -2.20. The van der Waals surface area contributed by atoms with E-state index in [0.717, 1.165) is 99.0 Å². The predicted molar refractivity (Wildman–Crippen MR) is 224 cm³/mol. The Morgan fingerprint density at radius 1 is 0.375 bits per heavy atom. The zero-order valence-corrected chi connectivity index (χ0v) is 35.0. The molecule has 16 atom stereocenters. The third-order valence-electron chi connectivity index (χ3n) is 15.8. The quantitative estimate of drug-likeness (QED) is 0.185. The Bertz CT molecular complexity index is 998. The summed E-state index contributed by atoms with van der Waals surface area (Å²) < 4.78 is 16.1. The maximum absolute atomic E-state index is 5.53. The fourth-order valence-corrected chi connectivity index (χ4v) is 11.6. The van der Waals surface area contributed by atoms with Crippen molar-refractivity contribution in [3.05, 3.63) is 0 Å². The van der Waals surface area contributed by atoms with Gasteiger partial charge in [0.15, 0.2) is 0 Å². The molecule has 11 nitrogen and oxygen atoms in total. The molecule has 0 radical (unpaired) electrons. The van der Waals surface area contributed by atoms with Gasteiger partial charge in [0.1, 0.15) is 0 Å². The Morgan fingerprint density at radius 2 is 1.04 bits per heavy atom. The molecular formula is C45H82N8O3. The van der Waals surface area contributed by atoms with Gasteiger partial charge in [0.2, 0.25) is 0 Å². The molecule has 16 fully saturated rings. The number of fused-ring (bicyclic) bond motifs is 12. The second kappa shape index (κ2) is 20.4. The summed E-state index contributed by atoms with van der Waals surface area (Å²) in [5.41, 5.74) is 0. The highest BCUT2D eigenvalue weighted by molar-refractivity contribution is 4.98. The van der Waals surface area contributed by atoms with E-state index in [2.05, 4.69) is 42.5 Å². The van der Waals surface area contributed by atoms with Crippen LogP contribution in [0.3, 0.4) is 0 Å². The zero-order valence-electron chi connectivity index (χ0n) is 35.0. The lowest BCUT2D eigenvalue weighted by molar-refractivity contribution is 0.0184. The second-order valence-corrected chi connectivity index (χ2v) is 20.6. The van der Waals surface area contributed by atoms with Crippen molar-refractivity contribution in [3.8, 4) is 0 Å².